The molecule has 0 fully saturated rings. The van der Waals surface area contributed by atoms with E-state index in [-0.39, 0.29) is 9.92 Å². The van der Waals surface area contributed by atoms with E-state index in [1.165, 1.54) is 25.3 Å². The third-order valence-electron chi connectivity index (χ3n) is 2.69. The second kappa shape index (κ2) is 6.13. The Morgan fingerprint density at radius 1 is 1.24 bits per heavy atom. The van der Waals surface area contributed by atoms with Crippen LogP contribution in [0, 0.1) is 0 Å². The summed E-state index contributed by atoms with van der Waals surface area (Å²) in [5.41, 5.74) is 6.21. The molecule has 0 bridgehead atoms. The van der Waals surface area contributed by atoms with Crippen molar-refractivity contribution in [3.8, 4) is 5.75 Å². The normalized spacial score (nSPS) is 11.2. The zero-order chi connectivity index (χ0) is 15.6. The summed E-state index contributed by atoms with van der Waals surface area (Å²) in [7, 11) is -2.33. The monoisotopic (exact) mass is 390 g/mol. The highest BCUT2D eigenvalue weighted by molar-refractivity contribution is 9.10. The van der Waals surface area contributed by atoms with Crippen molar-refractivity contribution in [2.75, 3.05) is 17.6 Å². The van der Waals surface area contributed by atoms with E-state index in [4.69, 9.17) is 22.1 Å². The molecular formula is C13H12BrClN2O3S. The fourth-order valence-electron chi connectivity index (χ4n) is 1.64. The fourth-order valence-corrected chi connectivity index (χ4v) is 3.33. The van der Waals surface area contributed by atoms with Crippen molar-refractivity contribution >= 4 is 48.9 Å². The SMILES string of the molecule is COc1ccc(Br)cc1NS(=O)(=O)c1ccc(N)c(Cl)c1. The van der Waals surface area contributed by atoms with E-state index in [0.29, 0.717) is 17.1 Å². The highest BCUT2D eigenvalue weighted by atomic mass is 79.9. The van der Waals surface area contributed by atoms with Gasteiger partial charge in [0.15, 0.2) is 0 Å². The standard InChI is InChI=1S/C13H12BrClN2O3S/c1-20-13-5-2-8(14)6-12(13)17-21(18,19)9-3-4-11(16)10(15)7-9/h2-7,17H,16H2,1H3. The third-order valence-corrected chi connectivity index (χ3v) is 4.87. The minimum atomic E-state index is -3.79. The van der Waals surface area contributed by atoms with Crippen molar-refractivity contribution in [1.29, 1.82) is 0 Å². The maximum absolute atomic E-state index is 12.4. The van der Waals surface area contributed by atoms with Crippen LogP contribution >= 0.6 is 27.5 Å². The average Bonchev–Trinajstić information content (AvgIpc) is 2.41. The van der Waals surface area contributed by atoms with Crippen LogP contribution < -0.4 is 15.2 Å². The molecule has 0 aliphatic rings. The quantitative estimate of drug-likeness (QED) is 0.782. The Morgan fingerprint density at radius 2 is 1.95 bits per heavy atom. The molecule has 21 heavy (non-hydrogen) atoms. The summed E-state index contributed by atoms with van der Waals surface area (Å²) in [5.74, 6) is 0.406. The molecule has 2 aromatic rings. The number of ether oxygens (including phenoxy) is 1. The first-order valence-electron chi connectivity index (χ1n) is 5.75. The number of nitrogen functional groups attached to an aromatic ring is 1. The molecule has 0 aromatic heterocycles. The van der Waals surface area contributed by atoms with E-state index in [9.17, 15) is 8.42 Å². The van der Waals surface area contributed by atoms with Crippen LogP contribution in [0.3, 0.4) is 0 Å². The Hall–Kier alpha value is -1.44. The van der Waals surface area contributed by atoms with Crippen LogP contribution in [0.15, 0.2) is 45.8 Å². The lowest BCUT2D eigenvalue weighted by Gasteiger charge is -2.12. The van der Waals surface area contributed by atoms with Gasteiger partial charge in [0, 0.05) is 4.47 Å². The Kier molecular flexibility index (Phi) is 4.65. The van der Waals surface area contributed by atoms with Crippen molar-refractivity contribution in [2.24, 2.45) is 0 Å². The van der Waals surface area contributed by atoms with Crippen molar-refractivity contribution in [2.45, 2.75) is 4.90 Å². The lowest BCUT2D eigenvalue weighted by atomic mass is 10.3. The van der Waals surface area contributed by atoms with Gasteiger partial charge >= 0.3 is 0 Å². The van der Waals surface area contributed by atoms with Crippen LogP contribution in [0.2, 0.25) is 5.02 Å². The van der Waals surface area contributed by atoms with Gasteiger partial charge < -0.3 is 10.5 Å². The molecule has 3 N–H and O–H groups in total. The molecule has 0 radical (unpaired) electrons. The lowest BCUT2D eigenvalue weighted by Crippen LogP contribution is -2.13. The molecule has 0 heterocycles. The van der Waals surface area contributed by atoms with Crippen LogP contribution in [-0.4, -0.2) is 15.5 Å². The van der Waals surface area contributed by atoms with Crippen molar-refractivity contribution in [3.63, 3.8) is 0 Å². The average molecular weight is 392 g/mol. The van der Waals surface area contributed by atoms with E-state index >= 15 is 0 Å². The molecule has 8 heteroatoms. The summed E-state index contributed by atoms with van der Waals surface area (Å²) >= 11 is 9.14. The minimum absolute atomic E-state index is 0.0173. The van der Waals surface area contributed by atoms with Crippen LogP contribution in [0.5, 0.6) is 5.75 Å². The smallest absolute Gasteiger partial charge is 0.262 e. The molecule has 2 rings (SSSR count). The molecule has 5 nitrogen and oxygen atoms in total. The van der Waals surface area contributed by atoms with Gasteiger partial charge in [-0.3, -0.25) is 4.72 Å². The number of hydrogen-bond donors (Lipinski definition) is 2. The van der Waals surface area contributed by atoms with Crippen LogP contribution in [-0.2, 0) is 10.0 Å². The van der Waals surface area contributed by atoms with Gasteiger partial charge in [0.1, 0.15) is 5.75 Å². The zero-order valence-corrected chi connectivity index (χ0v) is 14.1. The minimum Gasteiger partial charge on any atom is -0.495 e. The van der Waals surface area contributed by atoms with Gasteiger partial charge in [0.05, 0.1) is 28.4 Å². The summed E-state index contributed by atoms with van der Waals surface area (Å²) in [6.07, 6.45) is 0. The summed E-state index contributed by atoms with van der Waals surface area (Å²) in [6, 6.07) is 9.12. The van der Waals surface area contributed by atoms with Gasteiger partial charge in [0.25, 0.3) is 10.0 Å². The maximum atomic E-state index is 12.4. The number of sulfonamides is 1. The second-order valence-corrected chi connectivity index (χ2v) is 7.14. The summed E-state index contributed by atoms with van der Waals surface area (Å²) < 4.78 is 33.0. The van der Waals surface area contributed by atoms with Crippen molar-refractivity contribution in [1.82, 2.24) is 0 Å². The number of hydrogen-bond acceptors (Lipinski definition) is 4. The largest absolute Gasteiger partial charge is 0.495 e. The number of anilines is 2. The lowest BCUT2D eigenvalue weighted by molar-refractivity contribution is 0.417. The zero-order valence-electron chi connectivity index (χ0n) is 10.9. The van der Waals surface area contributed by atoms with Gasteiger partial charge in [-0.2, -0.15) is 0 Å². The number of halogens is 2. The number of rotatable bonds is 4. The Labute approximate surface area is 136 Å². The van der Waals surface area contributed by atoms with Gasteiger partial charge in [-0.05, 0) is 36.4 Å². The summed E-state index contributed by atoms with van der Waals surface area (Å²) in [5, 5.41) is 0.180. The van der Waals surface area contributed by atoms with Gasteiger partial charge in [0.2, 0.25) is 0 Å². The van der Waals surface area contributed by atoms with Crippen molar-refractivity contribution < 1.29 is 13.2 Å². The first-order valence-corrected chi connectivity index (χ1v) is 8.40. The number of nitrogens with two attached hydrogens (primary N) is 1. The molecule has 0 saturated heterocycles. The molecule has 0 atom stereocenters. The van der Waals surface area contributed by atoms with Gasteiger partial charge in [-0.25, -0.2) is 8.42 Å². The predicted molar refractivity (Wildman–Crippen MR) is 87.4 cm³/mol. The molecule has 0 aliphatic carbocycles. The van der Waals surface area contributed by atoms with E-state index in [0.717, 1.165) is 4.47 Å². The Balaban J connectivity index is 2.41. The van der Waals surface area contributed by atoms with Crippen LogP contribution in [0.4, 0.5) is 11.4 Å². The first-order chi connectivity index (χ1) is 9.83. The number of nitrogens with one attached hydrogen (secondary N) is 1. The highest BCUT2D eigenvalue weighted by Crippen LogP contribution is 2.31. The molecule has 0 saturated carbocycles. The molecular weight excluding hydrogens is 380 g/mol. The molecule has 0 unspecified atom stereocenters. The van der Waals surface area contributed by atoms with E-state index in [2.05, 4.69) is 20.7 Å². The van der Waals surface area contributed by atoms with E-state index in [1.807, 2.05) is 0 Å². The third kappa shape index (κ3) is 3.61. The summed E-state index contributed by atoms with van der Waals surface area (Å²) in [4.78, 5) is 0.0173. The highest BCUT2D eigenvalue weighted by Gasteiger charge is 2.17. The van der Waals surface area contributed by atoms with Crippen LogP contribution in [0.1, 0.15) is 0 Å². The van der Waals surface area contributed by atoms with Crippen molar-refractivity contribution in [3.05, 3.63) is 45.9 Å². The topological polar surface area (TPSA) is 81.4 Å². The summed E-state index contributed by atoms with van der Waals surface area (Å²) in [6.45, 7) is 0. The molecule has 0 spiro atoms. The number of benzene rings is 2. The van der Waals surface area contributed by atoms with Gasteiger partial charge in [-0.15, -0.1) is 0 Å². The van der Waals surface area contributed by atoms with E-state index < -0.39 is 10.0 Å². The molecule has 0 aliphatic heterocycles. The Morgan fingerprint density at radius 3 is 2.57 bits per heavy atom. The fraction of sp³-hybridized carbons (Fsp3) is 0.0769. The first kappa shape index (κ1) is 15.9. The number of methoxy groups -OCH3 is 1. The molecule has 112 valence electrons. The molecule has 2 aromatic carbocycles. The van der Waals surface area contributed by atoms with Gasteiger partial charge in [-0.1, -0.05) is 27.5 Å². The second-order valence-electron chi connectivity index (χ2n) is 4.13. The predicted octanol–water partition coefficient (Wildman–Crippen LogP) is 3.49. The maximum Gasteiger partial charge on any atom is 0.262 e. The Bertz CT molecular complexity index is 781. The molecule has 0 amide bonds. The van der Waals surface area contributed by atoms with E-state index in [1.54, 1.807) is 18.2 Å². The van der Waals surface area contributed by atoms with Crippen LogP contribution in [0.25, 0.3) is 0 Å².